The van der Waals surface area contributed by atoms with Crippen LogP contribution in [0.4, 0.5) is 0 Å². The zero-order valence-corrected chi connectivity index (χ0v) is 9.28. The highest BCUT2D eigenvalue weighted by atomic mass is 16.2. The van der Waals surface area contributed by atoms with Crippen molar-refractivity contribution in [2.45, 2.75) is 31.8 Å². The Morgan fingerprint density at radius 1 is 1.50 bits per heavy atom. The molecule has 0 heterocycles. The van der Waals surface area contributed by atoms with Gasteiger partial charge in [0.25, 0.3) is 0 Å². The molecular weight excluding hydrogens is 200 g/mol. The molecule has 1 saturated carbocycles. The maximum absolute atomic E-state index is 11.6. The van der Waals surface area contributed by atoms with Gasteiger partial charge in [0.05, 0.1) is 6.04 Å². The Bertz CT molecular complexity index is 346. The van der Waals surface area contributed by atoms with Gasteiger partial charge in [-0.2, -0.15) is 0 Å². The topological polar surface area (TPSA) is 55.1 Å². The van der Waals surface area contributed by atoms with Crippen LogP contribution in [0.3, 0.4) is 0 Å². The average Bonchev–Trinajstić information content (AvgIpc) is 3.11. The summed E-state index contributed by atoms with van der Waals surface area (Å²) in [6, 6.07) is 10.1. The standard InChI is InChI=1S/C13H17N2O/c14-12(8-10-6-7-10)13(16)15-9-11-4-2-1-3-5-11/h2-5,10,12H,6-9,14H2,(H,15,16)/t12-/m0/s1. The summed E-state index contributed by atoms with van der Waals surface area (Å²) in [5, 5.41) is 2.85. The molecule has 16 heavy (non-hydrogen) atoms. The molecule has 0 unspecified atom stereocenters. The van der Waals surface area contributed by atoms with Gasteiger partial charge in [-0.15, -0.1) is 0 Å². The predicted octanol–water partition coefficient (Wildman–Crippen LogP) is 1.23. The third-order valence-electron chi connectivity index (χ3n) is 2.87. The van der Waals surface area contributed by atoms with Crippen molar-refractivity contribution in [1.82, 2.24) is 5.32 Å². The Kier molecular flexibility index (Phi) is 3.57. The number of rotatable bonds is 5. The van der Waals surface area contributed by atoms with Crippen LogP contribution in [0.1, 0.15) is 24.8 Å². The predicted molar refractivity (Wildman–Crippen MR) is 62.4 cm³/mol. The van der Waals surface area contributed by atoms with Gasteiger partial charge in [-0.1, -0.05) is 37.1 Å². The third kappa shape index (κ3) is 3.35. The summed E-state index contributed by atoms with van der Waals surface area (Å²) in [6.07, 6.45) is 3.29. The molecule has 3 nitrogen and oxygen atoms in total. The molecule has 0 spiro atoms. The minimum Gasteiger partial charge on any atom is -0.351 e. The molecule has 1 amide bonds. The second-order valence-electron chi connectivity index (χ2n) is 4.41. The summed E-state index contributed by atoms with van der Waals surface area (Å²) in [7, 11) is 0. The van der Waals surface area contributed by atoms with E-state index in [2.05, 4.69) is 11.4 Å². The van der Waals surface area contributed by atoms with Crippen LogP contribution in [0.5, 0.6) is 0 Å². The molecular formula is C13H17N2O. The second-order valence-corrected chi connectivity index (χ2v) is 4.41. The van der Waals surface area contributed by atoms with Crippen molar-refractivity contribution in [2.75, 3.05) is 0 Å². The third-order valence-corrected chi connectivity index (χ3v) is 2.87. The van der Waals surface area contributed by atoms with Crippen molar-refractivity contribution >= 4 is 5.91 Å². The summed E-state index contributed by atoms with van der Waals surface area (Å²) in [4.78, 5) is 11.6. The van der Waals surface area contributed by atoms with Crippen molar-refractivity contribution in [3.63, 3.8) is 0 Å². The molecule has 1 radical (unpaired) electrons. The molecule has 85 valence electrons. The Labute approximate surface area is 96.0 Å². The molecule has 1 aromatic rings. The van der Waals surface area contributed by atoms with E-state index in [1.165, 1.54) is 12.8 Å². The number of nitrogens with one attached hydrogen (secondary N) is 1. The molecule has 1 aliphatic rings. The van der Waals surface area contributed by atoms with Crippen molar-refractivity contribution in [3.05, 3.63) is 35.9 Å². The molecule has 1 aromatic carbocycles. The maximum Gasteiger partial charge on any atom is 0.237 e. The number of benzene rings is 1. The fourth-order valence-electron chi connectivity index (χ4n) is 1.68. The number of amides is 1. The van der Waals surface area contributed by atoms with Crippen LogP contribution >= 0.6 is 0 Å². The van der Waals surface area contributed by atoms with Crippen molar-refractivity contribution in [3.8, 4) is 0 Å². The number of hydrogen-bond donors (Lipinski definition) is 2. The molecule has 1 fully saturated rings. The van der Waals surface area contributed by atoms with E-state index in [-0.39, 0.29) is 11.9 Å². The smallest absolute Gasteiger partial charge is 0.237 e. The van der Waals surface area contributed by atoms with Gasteiger partial charge in [-0.25, -0.2) is 0 Å². The quantitative estimate of drug-likeness (QED) is 0.779. The zero-order chi connectivity index (χ0) is 11.4. The van der Waals surface area contributed by atoms with E-state index in [4.69, 9.17) is 5.73 Å². The lowest BCUT2D eigenvalue weighted by Gasteiger charge is -2.11. The normalized spacial score (nSPS) is 16.8. The summed E-state index contributed by atoms with van der Waals surface area (Å²) in [6.45, 7) is 0.547. The molecule has 0 aliphatic heterocycles. The lowest BCUT2D eigenvalue weighted by molar-refractivity contribution is -0.122. The molecule has 3 heteroatoms. The van der Waals surface area contributed by atoms with Crippen LogP contribution in [-0.2, 0) is 11.3 Å². The number of nitrogens with two attached hydrogens (primary N) is 1. The minimum atomic E-state index is -0.345. The highest BCUT2D eigenvalue weighted by Crippen LogP contribution is 2.33. The Morgan fingerprint density at radius 2 is 2.19 bits per heavy atom. The van der Waals surface area contributed by atoms with Gasteiger partial charge in [0, 0.05) is 6.54 Å². The largest absolute Gasteiger partial charge is 0.351 e. The number of hydrogen-bond acceptors (Lipinski definition) is 2. The second kappa shape index (κ2) is 5.12. The van der Waals surface area contributed by atoms with E-state index < -0.39 is 0 Å². The van der Waals surface area contributed by atoms with Gasteiger partial charge in [0.1, 0.15) is 0 Å². The maximum atomic E-state index is 11.6. The molecule has 0 aromatic heterocycles. The van der Waals surface area contributed by atoms with Crippen molar-refractivity contribution in [2.24, 2.45) is 11.7 Å². The fraction of sp³-hybridized carbons (Fsp3) is 0.462. The minimum absolute atomic E-state index is 0.0419. The Morgan fingerprint density at radius 3 is 2.81 bits per heavy atom. The van der Waals surface area contributed by atoms with Gasteiger partial charge in [-0.3, -0.25) is 4.79 Å². The molecule has 1 aliphatic carbocycles. The van der Waals surface area contributed by atoms with Gasteiger partial charge in [-0.05, 0) is 24.0 Å². The number of carbonyl (C=O) groups is 1. The van der Waals surface area contributed by atoms with E-state index in [1.54, 1.807) is 0 Å². The summed E-state index contributed by atoms with van der Waals surface area (Å²) in [5.41, 5.74) is 6.88. The van der Waals surface area contributed by atoms with Crippen molar-refractivity contribution < 1.29 is 4.79 Å². The first kappa shape index (κ1) is 11.1. The first-order valence-electron chi connectivity index (χ1n) is 5.74. The van der Waals surface area contributed by atoms with Crippen molar-refractivity contribution in [1.29, 1.82) is 0 Å². The van der Waals surface area contributed by atoms with E-state index >= 15 is 0 Å². The van der Waals surface area contributed by atoms with Crippen LogP contribution in [0, 0.1) is 12.0 Å². The zero-order valence-electron chi connectivity index (χ0n) is 9.28. The highest BCUT2D eigenvalue weighted by molar-refractivity contribution is 5.81. The van der Waals surface area contributed by atoms with Gasteiger partial charge in [0.2, 0.25) is 5.91 Å². The van der Waals surface area contributed by atoms with Gasteiger partial charge in [0.15, 0.2) is 0 Å². The lowest BCUT2D eigenvalue weighted by Crippen LogP contribution is -2.40. The first-order valence-corrected chi connectivity index (χ1v) is 5.74. The summed E-state index contributed by atoms with van der Waals surface area (Å²) in [5.74, 6) is 0.645. The van der Waals surface area contributed by atoms with Crippen LogP contribution in [-0.4, -0.2) is 11.9 Å². The lowest BCUT2D eigenvalue weighted by atomic mass is 10.1. The highest BCUT2D eigenvalue weighted by Gasteiger charge is 2.26. The Hall–Kier alpha value is -1.35. The molecule has 0 saturated heterocycles. The fourth-order valence-corrected chi connectivity index (χ4v) is 1.68. The Balaban J connectivity index is 1.74. The first-order chi connectivity index (χ1) is 7.75. The molecule has 3 N–H and O–H groups in total. The van der Waals surface area contributed by atoms with Crippen LogP contribution < -0.4 is 11.1 Å². The van der Waals surface area contributed by atoms with Crippen LogP contribution in [0.15, 0.2) is 24.3 Å². The SMILES string of the molecule is N[C@@H](CC1CC1)C(=O)NCc1cc[c]cc1. The molecule has 2 rings (SSSR count). The van der Waals surface area contributed by atoms with E-state index in [0.717, 1.165) is 12.0 Å². The van der Waals surface area contributed by atoms with E-state index in [0.29, 0.717) is 12.5 Å². The summed E-state index contributed by atoms with van der Waals surface area (Å²) < 4.78 is 0. The van der Waals surface area contributed by atoms with Gasteiger partial charge < -0.3 is 11.1 Å². The van der Waals surface area contributed by atoms with E-state index in [1.807, 2.05) is 24.3 Å². The monoisotopic (exact) mass is 217 g/mol. The average molecular weight is 217 g/mol. The summed E-state index contributed by atoms with van der Waals surface area (Å²) >= 11 is 0. The number of carbonyl (C=O) groups excluding carboxylic acids is 1. The van der Waals surface area contributed by atoms with Crippen LogP contribution in [0.25, 0.3) is 0 Å². The van der Waals surface area contributed by atoms with Crippen LogP contribution in [0.2, 0.25) is 0 Å². The molecule has 1 atom stereocenters. The van der Waals surface area contributed by atoms with Gasteiger partial charge >= 0.3 is 0 Å². The molecule has 0 bridgehead atoms. The van der Waals surface area contributed by atoms with E-state index in [9.17, 15) is 4.79 Å².